The van der Waals surface area contributed by atoms with E-state index in [0.29, 0.717) is 25.3 Å². The van der Waals surface area contributed by atoms with Gasteiger partial charge in [0.25, 0.3) is 6.47 Å². The van der Waals surface area contributed by atoms with Gasteiger partial charge in [-0.15, -0.1) is 24.8 Å². The third-order valence-electron chi connectivity index (χ3n) is 1.41. The van der Waals surface area contributed by atoms with Gasteiger partial charge < -0.3 is 10.2 Å². The molecule has 0 amide bonds. The van der Waals surface area contributed by atoms with Crippen molar-refractivity contribution in [3.63, 3.8) is 0 Å². The molecule has 0 saturated carbocycles. The fourth-order valence-corrected chi connectivity index (χ4v) is 0.847. The Hall–Kier alpha value is -0.980. The minimum Gasteiger partial charge on any atom is -0.468 e. The number of ether oxygens (including phenoxy) is 1. The number of anilines is 1. The SMILES string of the molecule is Cl.Cl.NNc1n[nH]cc1CCOC=O. The van der Waals surface area contributed by atoms with E-state index in [-0.39, 0.29) is 24.8 Å². The number of aromatic amines is 1. The number of halogens is 2. The summed E-state index contributed by atoms with van der Waals surface area (Å²) in [5.41, 5.74) is 3.30. The average Bonchev–Trinajstić information content (AvgIpc) is 2.52. The number of carbonyl (C=O) groups is 1. The van der Waals surface area contributed by atoms with Crippen LogP contribution in [0.3, 0.4) is 0 Å². The summed E-state index contributed by atoms with van der Waals surface area (Å²) in [6, 6.07) is 0. The number of nitrogens with zero attached hydrogens (tertiary/aromatic N) is 1. The number of hydrogen-bond acceptors (Lipinski definition) is 5. The van der Waals surface area contributed by atoms with Gasteiger partial charge in [-0.05, 0) is 0 Å². The average molecular weight is 243 g/mol. The van der Waals surface area contributed by atoms with Crippen LogP contribution in [0.15, 0.2) is 6.20 Å². The monoisotopic (exact) mass is 242 g/mol. The zero-order valence-electron chi connectivity index (χ0n) is 7.23. The largest absolute Gasteiger partial charge is 0.468 e. The normalized spacial score (nSPS) is 8.07. The fourth-order valence-electron chi connectivity index (χ4n) is 0.847. The molecule has 0 aliphatic carbocycles. The molecule has 6 nitrogen and oxygen atoms in total. The number of aromatic nitrogens is 2. The van der Waals surface area contributed by atoms with Gasteiger partial charge in [0, 0.05) is 18.2 Å². The number of H-pyrrole nitrogens is 1. The van der Waals surface area contributed by atoms with E-state index in [1.54, 1.807) is 6.20 Å². The zero-order chi connectivity index (χ0) is 8.81. The van der Waals surface area contributed by atoms with Crippen molar-refractivity contribution in [1.29, 1.82) is 0 Å². The van der Waals surface area contributed by atoms with Crippen LogP contribution in [0.4, 0.5) is 5.82 Å². The summed E-state index contributed by atoms with van der Waals surface area (Å²) in [4.78, 5) is 9.80. The van der Waals surface area contributed by atoms with Crippen LogP contribution in [-0.2, 0) is 16.0 Å². The van der Waals surface area contributed by atoms with E-state index in [1.165, 1.54) is 0 Å². The molecule has 4 N–H and O–H groups in total. The van der Waals surface area contributed by atoms with Crippen LogP contribution in [0.5, 0.6) is 0 Å². The molecule has 0 fully saturated rings. The Balaban J connectivity index is 0. The number of hydrazine groups is 1. The maximum Gasteiger partial charge on any atom is 0.293 e. The first-order chi connectivity index (χ1) is 5.88. The van der Waals surface area contributed by atoms with Gasteiger partial charge in [-0.1, -0.05) is 0 Å². The Morgan fingerprint density at radius 2 is 2.36 bits per heavy atom. The lowest BCUT2D eigenvalue weighted by Crippen LogP contribution is -2.09. The van der Waals surface area contributed by atoms with Crippen molar-refractivity contribution >= 4 is 37.1 Å². The molecule has 0 saturated heterocycles. The Bertz CT molecular complexity index is 256. The molecule has 8 heteroatoms. The third kappa shape index (κ3) is 4.31. The molecule has 0 aromatic carbocycles. The summed E-state index contributed by atoms with van der Waals surface area (Å²) in [6.45, 7) is 0.743. The Kier molecular flexibility index (Phi) is 9.53. The van der Waals surface area contributed by atoms with Gasteiger partial charge in [0.1, 0.15) is 0 Å². The summed E-state index contributed by atoms with van der Waals surface area (Å²) in [6.07, 6.45) is 2.29. The highest BCUT2D eigenvalue weighted by atomic mass is 35.5. The predicted octanol–water partition coefficient (Wildman–Crippen LogP) is 0.254. The second-order valence-corrected chi connectivity index (χ2v) is 2.12. The maximum absolute atomic E-state index is 9.80. The number of nitrogens with one attached hydrogen (secondary N) is 2. The van der Waals surface area contributed by atoms with Gasteiger partial charge in [-0.25, -0.2) is 5.84 Å². The quantitative estimate of drug-likeness (QED) is 0.298. The first-order valence-electron chi connectivity index (χ1n) is 3.43. The third-order valence-corrected chi connectivity index (χ3v) is 1.41. The predicted molar refractivity (Wildman–Crippen MR) is 56.6 cm³/mol. The van der Waals surface area contributed by atoms with Crippen LogP contribution in [0.1, 0.15) is 5.56 Å². The second-order valence-electron chi connectivity index (χ2n) is 2.12. The second kappa shape index (κ2) is 8.61. The van der Waals surface area contributed by atoms with Crippen molar-refractivity contribution in [2.24, 2.45) is 5.84 Å². The van der Waals surface area contributed by atoms with Crippen molar-refractivity contribution in [3.8, 4) is 0 Å². The Morgan fingerprint density at radius 1 is 1.64 bits per heavy atom. The van der Waals surface area contributed by atoms with E-state index in [2.05, 4.69) is 20.4 Å². The molecule has 0 aliphatic heterocycles. The van der Waals surface area contributed by atoms with E-state index in [0.717, 1.165) is 5.56 Å². The maximum atomic E-state index is 9.80. The summed E-state index contributed by atoms with van der Waals surface area (Å²) < 4.78 is 4.52. The zero-order valence-corrected chi connectivity index (χ0v) is 8.86. The van der Waals surface area contributed by atoms with E-state index >= 15 is 0 Å². The van der Waals surface area contributed by atoms with Gasteiger partial charge in [-0.2, -0.15) is 5.10 Å². The minimum atomic E-state index is 0. The molecule has 14 heavy (non-hydrogen) atoms. The molecule has 1 heterocycles. The van der Waals surface area contributed by atoms with Gasteiger partial charge in [0.05, 0.1) is 6.61 Å². The molecule has 0 atom stereocenters. The highest BCUT2D eigenvalue weighted by molar-refractivity contribution is 5.85. The molecular formula is C6H12Cl2N4O2. The molecule has 0 aliphatic rings. The molecule has 82 valence electrons. The first-order valence-corrected chi connectivity index (χ1v) is 3.43. The summed E-state index contributed by atoms with van der Waals surface area (Å²) in [7, 11) is 0. The first kappa shape index (κ1) is 15.5. The Morgan fingerprint density at radius 3 is 2.93 bits per heavy atom. The van der Waals surface area contributed by atoms with Crippen molar-refractivity contribution in [3.05, 3.63) is 11.8 Å². The highest BCUT2D eigenvalue weighted by Crippen LogP contribution is 2.09. The van der Waals surface area contributed by atoms with E-state index in [1.807, 2.05) is 0 Å². The van der Waals surface area contributed by atoms with Crippen LogP contribution in [0.2, 0.25) is 0 Å². The smallest absolute Gasteiger partial charge is 0.293 e. The molecule has 1 aromatic rings. The van der Waals surface area contributed by atoms with E-state index in [9.17, 15) is 4.79 Å². The van der Waals surface area contributed by atoms with Crippen LogP contribution in [0, 0.1) is 0 Å². The summed E-state index contributed by atoms with van der Waals surface area (Å²) in [5.74, 6) is 5.73. The standard InChI is InChI=1S/C6H10N4O2.2ClH/c7-9-6-5(3-8-10-6)1-2-12-4-11;;/h3-4H,1-2,7H2,(H2,8,9,10);2*1H. The van der Waals surface area contributed by atoms with Gasteiger partial charge in [-0.3, -0.25) is 9.89 Å². The number of rotatable bonds is 5. The van der Waals surface area contributed by atoms with Gasteiger partial charge in [0.2, 0.25) is 0 Å². The fraction of sp³-hybridized carbons (Fsp3) is 0.333. The van der Waals surface area contributed by atoms with Crippen molar-refractivity contribution in [2.45, 2.75) is 6.42 Å². The molecular weight excluding hydrogens is 231 g/mol. The van der Waals surface area contributed by atoms with E-state index in [4.69, 9.17) is 5.84 Å². The molecule has 0 spiro atoms. The van der Waals surface area contributed by atoms with Crippen LogP contribution in [0.25, 0.3) is 0 Å². The molecule has 0 bridgehead atoms. The van der Waals surface area contributed by atoms with Crippen LogP contribution >= 0.6 is 24.8 Å². The minimum absolute atomic E-state index is 0. The van der Waals surface area contributed by atoms with Crippen molar-refractivity contribution in [1.82, 2.24) is 10.2 Å². The highest BCUT2D eigenvalue weighted by Gasteiger charge is 2.02. The van der Waals surface area contributed by atoms with E-state index < -0.39 is 0 Å². The summed E-state index contributed by atoms with van der Waals surface area (Å²) in [5, 5.41) is 6.45. The van der Waals surface area contributed by atoms with Crippen LogP contribution in [-0.4, -0.2) is 23.3 Å². The molecule has 0 radical (unpaired) electrons. The summed E-state index contributed by atoms with van der Waals surface area (Å²) >= 11 is 0. The van der Waals surface area contributed by atoms with Crippen molar-refractivity contribution in [2.75, 3.05) is 12.0 Å². The van der Waals surface area contributed by atoms with Crippen LogP contribution < -0.4 is 11.3 Å². The molecule has 1 aromatic heterocycles. The number of nitrogen functional groups attached to an aromatic ring is 1. The van der Waals surface area contributed by atoms with Gasteiger partial charge >= 0.3 is 0 Å². The lowest BCUT2D eigenvalue weighted by Gasteiger charge is -1.99. The number of nitrogens with two attached hydrogens (primary N) is 1. The topological polar surface area (TPSA) is 93.0 Å². The van der Waals surface area contributed by atoms with Crippen molar-refractivity contribution < 1.29 is 9.53 Å². The number of hydrogen-bond donors (Lipinski definition) is 3. The molecule has 1 rings (SSSR count). The number of carbonyl (C=O) groups excluding carboxylic acids is 1. The lowest BCUT2D eigenvalue weighted by molar-refractivity contribution is -0.128. The van der Waals surface area contributed by atoms with Gasteiger partial charge in [0.15, 0.2) is 5.82 Å². The molecule has 0 unspecified atom stereocenters. The Labute approximate surface area is 93.4 Å². The lowest BCUT2D eigenvalue weighted by atomic mass is 10.2.